The lowest BCUT2D eigenvalue weighted by Crippen LogP contribution is -2.21. The molecule has 1 unspecified atom stereocenters. The van der Waals surface area contributed by atoms with Crippen LogP contribution in [0.5, 0.6) is 0 Å². The normalized spacial score (nSPS) is 21.2. The van der Waals surface area contributed by atoms with E-state index in [0.717, 1.165) is 0 Å². The smallest absolute Gasteiger partial charge is 0.326 e. The molecule has 0 spiro atoms. The fraction of sp³-hybridized carbons (Fsp3) is 0.375. The Labute approximate surface area is 79.9 Å². The van der Waals surface area contributed by atoms with Crippen molar-refractivity contribution < 1.29 is 14.8 Å². The van der Waals surface area contributed by atoms with Crippen LogP contribution in [-0.2, 0) is 4.74 Å². The number of allylic oxidation sites excluding steroid dienone is 1. The number of hydrogen-bond donors (Lipinski definition) is 1. The van der Waals surface area contributed by atoms with Gasteiger partial charge in [-0.2, -0.15) is 5.26 Å². The Morgan fingerprint density at radius 2 is 2.50 bits per heavy atom. The molecule has 6 heteroatoms. The average Bonchev–Trinajstić information content (AvgIpc) is 2.17. The first-order chi connectivity index (χ1) is 6.61. The van der Waals surface area contributed by atoms with Crippen molar-refractivity contribution in [2.75, 3.05) is 7.11 Å². The third-order valence-electron chi connectivity index (χ3n) is 1.86. The van der Waals surface area contributed by atoms with Crippen LogP contribution in [0.15, 0.2) is 23.1 Å². The Hall–Kier alpha value is -1.87. The molecule has 0 heterocycles. The van der Waals surface area contributed by atoms with Crippen molar-refractivity contribution in [3.8, 4) is 6.07 Å². The van der Waals surface area contributed by atoms with E-state index in [2.05, 4.69) is 0 Å². The van der Waals surface area contributed by atoms with Crippen LogP contribution >= 0.6 is 0 Å². The first-order valence-corrected chi connectivity index (χ1v) is 3.83. The van der Waals surface area contributed by atoms with Gasteiger partial charge in [0.15, 0.2) is 0 Å². The number of nitriles is 1. The summed E-state index contributed by atoms with van der Waals surface area (Å²) in [6, 6.07) is 1.69. The standard InChI is InChI=1S/C8H8N2O4/c1-14-8-6(11)3-2-5(4-9)7(8)10(12)13/h2,6,11H,3H2,1H3. The number of nitro groups is 1. The van der Waals surface area contributed by atoms with Crippen LogP contribution in [-0.4, -0.2) is 23.2 Å². The van der Waals surface area contributed by atoms with E-state index in [9.17, 15) is 15.2 Å². The van der Waals surface area contributed by atoms with Gasteiger partial charge in [-0.3, -0.25) is 10.1 Å². The van der Waals surface area contributed by atoms with Gasteiger partial charge in [0.05, 0.1) is 12.0 Å². The molecule has 0 aromatic rings. The number of aliphatic hydroxyl groups is 1. The van der Waals surface area contributed by atoms with Gasteiger partial charge in [0.1, 0.15) is 17.7 Å². The number of ether oxygens (including phenoxy) is 1. The highest BCUT2D eigenvalue weighted by Gasteiger charge is 2.32. The van der Waals surface area contributed by atoms with Crippen LogP contribution in [0, 0.1) is 21.4 Å². The summed E-state index contributed by atoms with van der Waals surface area (Å²) in [5.74, 6) is -0.158. The summed E-state index contributed by atoms with van der Waals surface area (Å²) in [6.45, 7) is 0. The number of rotatable bonds is 2. The van der Waals surface area contributed by atoms with Gasteiger partial charge in [-0.05, 0) is 0 Å². The van der Waals surface area contributed by atoms with E-state index < -0.39 is 16.7 Å². The number of nitrogens with zero attached hydrogens (tertiary/aromatic N) is 2. The Morgan fingerprint density at radius 1 is 1.86 bits per heavy atom. The van der Waals surface area contributed by atoms with Gasteiger partial charge < -0.3 is 9.84 Å². The molecule has 0 saturated carbocycles. The maximum absolute atomic E-state index is 10.6. The van der Waals surface area contributed by atoms with Gasteiger partial charge in [0.25, 0.3) is 0 Å². The van der Waals surface area contributed by atoms with Gasteiger partial charge in [0, 0.05) is 6.42 Å². The minimum Gasteiger partial charge on any atom is -0.492 e. The predicted octanol–water partition coefficient (Wildman–Crippen LogP) is 0.336. The molecule has 14 heavy (non-hydrogen) atoms. The highest BCUT2D eigenvalue weighted by Crippen LogP contribution is 2.25. The Kier molecular flexibility index (Phi) is 2.84. The number of methoxy groups -OCH3 is 1. The molecule has 0 bridgehead atoms. The minimum absolute atomic E-state index is 0.0721. The first-order valence-electron chi connectivity index (χ1n) is 3.83. The molecule has 0 aromatic heterocycles. The number of hydrogen-bond acceptors (Lipinski definition) is 5. The molecule has 1 aliphatic rings. The third kappa shape index (κ3) is 1.58. The lowest BCUT2D eigenvalue weighted by molar-refractivity contribution is -0.424. The van der Waals surface area contributed by atoms with Crippen LogP contribution in [0.1, 0.15) is 6.42 Å². The molecule has 1 rings (SSSR count). The van der Waals surface area contributed by atoms with Crippen LogP contribution < -0.4 is 0 Å². The van der Waals surface area contributed by atoms with E-state index >= 15 is 0 Å². The molecule has 1 aliphatic carbocycles. The fourth-order valence-electron chi connectivity index (χ4n) is 1.24. The van der Waals surface area contributed by atoms with E-state index in [1.54, 1.807) is 6.07 Å². The van der Waals surface area contributed by atoms with Gasteiger partial charge >= 0.3 is 5.70 Å². The SMILES string of the molecule is COC1=C([N+](=O)[O-])C(C#N)=CCC1O. The molecule has 0 saturated heterocycles. The van der Waals surface area contributed by atoms with Gasteiger partial charge in [-0.1, -0.05) is 6.08 Å². The Bertz CT molecular complexity index is 364. The van der Waals surface area contributed by atoms with Crippen LogP contribution in [0.3, 0.4) is 0 Å². The van der Waals surface area contributed by atoms with Crippen molar-refractivity contribution in [3.05, 3.63) is 33.2 Å². The topological polar surface area (TPSA) is 96.4 Å². The van der Waals surface area contributed by atoms with Crippen molar-refractivity contribution in [2.45, 2.75) is 12.5 Å². The molecule has 1 N–H and O–H groups in total. The molecule has 0 radical (unpaired) electrons. The highest BCUT2D eigenvalue weighted by molar-refractivity contribution is 5.42. The zero-order valence-electron chi connectivity index (χ0n) is 7.43. The van der Waals surface area contributed by atoms with E-state index in [0.29, 0.717) is 0 Å². The average molecular weight is 196 g/mol. The quantitative estimate of drug-likeness (QED) is 0.507. The Morgan fingerprint density at radius 3 is 2.93 bits per heavy atom. The van der Waals surface area contributed by atoms with E-state index in [1.807, 2.05) is 0 Å². The van der Waals surface area contributed by atoms with Crippen LogP contribution in [0.25, 0.3) is 0 Å². The third-order valence-corrected chi connectivity index (χ3v) is 1.86. The summed E-state index contributed by atoms with van der Waals surface area (Å²) in [6.07, 6.45) is 0.437. The molecule has 0 amide bonds. The predicted molar refractivity (Wildman–Crippen MR) is 45.3 cm³/mol. The molecule has 74 valence electrons. The van der Waals surface area contributed by atoms with E-state index in [1.165, 1.54) is 13.2 Å². The second-order valence-electron chi connectivity index (χ2n) is 2.66. The highest BCUT2D eigenvalue weighted by atomic mass is 16.6. The first kappa shape index (κ1) is 10.2. The zero-order valence-corrected chi connectivity index (χ0v) is 7.43. The zero-order chi connectivity index (χ0) is 10.7. The summed E-state index contributed by atoms with van der Waals surface area (Å²) < 4.78 is 4.71. The van der Waals surface area contributed by atoms with Crippen molar-refractivity contribution >= 4 is 0 Å². The van der Waals surface area contributed by atoms with Crippen LogP contribution in [0.4, 0.5) is 0 Å². The summed E-state index contributed by atoms with van der Waals surface area (Å²) >= 11 is 0. The van der Waals surface area contributed by atoms with E-state index in [-0.39, 0.29) is 17.8 Å². The maximum atomic E-state index is 10.6. The lowest BCUT2D eigenvalue weighted by atomic mass is 10.0. The van der Waals surface area contributed by atoms with Gasteiger partial charge in [-0.25, -0.2) is 0 Å². The summed E-state index contributed by atoms with van der Waals surface area (Å²) in [7, 11) is 1.22. The van der Waals surface area contributed by atoms with Crippen molar-refractivity contribution in [3.63, 3.8) is 0 Å². The van der Waals surface area contributed by atoms with Gasteiger partial charge in [-0.15, -0.1) is 0 Å². The van der Waals surface area contributed by atoms with Gasteiger partial charge in [0.2, 0.25) is 5.76 Å². The molecular weight excluding hydrogens is 188 g/mol. The molecule has 6 nitrogen and oxygen atoms in total. The monoisotopic (exact) mass is 196 g/mol. The largest absolute Gasteiger partial charge is 0.492 e. The van der Waals surface area contributed by atoms with Crippen molar-refractivity contribution in [1.82, 2.24) is 0 Å². The van der Waals surface area contributed by atoms with Crippen LogP contribution in [0.2, 0.25) is 0 Å². The number of aliphatic hydroxyl groups excluding tert-OH is 1. The van der Waals surface area contributed by atoms with Crippen molar-refractivity contribution in [1.29, 1.82) is 5.26 Å². The lowest BCUT2D eigenvalue weighted by Gasteiger charge is -2.16. The second kappa shape index (κ2) is 3.89. The molecule has 0 aliphatic heterocycles. The van der Waals surface area contributed by atoms with Crippen molar-refractivity contribution in [2.24, 2.45) is 0 Å². The second-order valence-corrected chi connectivity index (χ2v) is 2.66. The molecular formula is C8H8N2O4. The molecule has 0 fully saturated rings. The fourth-order valence-corrected chi connectivity index (χ4v) is 1.24. The molecule has 0 aromatic carbocycles. The molecule has 1 atom stereocenters. The minimum atomic E-state index is -1.04. The summed E-state index contributed by atoms with van der Waals surface area (Å²) in [5, 5.41) is 28.6. The summed E-state index contributed by atoms with van der Waals surface area (Å²) in [4.78, 5) is 9.88. The Balaban J connectivity index is 3.26. The maximum Gasteiger partial charge on any atom is 0.326 e. The summed E-state index contributed by atoms with van der Waals surface area (Å²) in [5.41, 5.74) is -0.522. The van der Waals surface area contributed by atoms with E-state index in [4.69, 9.17) is 10.00 Å².